The first-order chi connectivity index (χ1) is 8.72. The number of methoxy groups -OCH3 is 1. The normalized spacial score (nSPS) is 11.3. The molecule has 1 heterocycles. The molecule has 104 valence electrons. The molecule has 0 saturated carbocycles. The van der Waals surface area contributed by atoms with Crippen LogP contribution >= 0.6 is 0 Å². The first kappa shape index (κ1) is 15.1. The fourth-order valence-electron chi connectivity index (χ4n) is 1.68. The molecule has 1 aromatic rings. The van der Waals surface area contributed by atoms with E-state index in [1.54, 1.807) is 7.11 Å². The predicted octanol–water partition coefficient (Wildman–Crippen LogP) is 0.613. The third-order valence-corrected chi connectivity index (χ3v) is 2.77. The van der Waals surface area contributed by atoms with Crippen molar-refractivity contribution in [3.63, 3.8) is 0 Å². The summed E-state index contributed by atoms with van der Waals surface area (Å²) in [6.45, 7) is 4.73. The number of likely N-dealkylation sites (N-methyl/N-ethyl adjacent to an activating group) is 1. The Morgan fingerprint density at radius 2 is 2.22 bits per heavy atom. The van der Waals surface area contributed by atoms with Crippen LogP contribution in [0.1, 0.15) is 12.0 Å². The zero-order valence-electron chi connectivity index (χ0n) is 11.9. The van der Waals surface area contributed by atoms with E-state index in [1.807, 2.05) is 10.9 Å². The molecule has 0 saturated heterocycles. The highest BCUT2D eigenvalue weighted by molar-refractivity contribution is 5.03. The summed E-state index contributed by atoms with van der Waals surface area (Å²) in [5.41, 5.74) is 1.32. The van der Waals surface area contributed by atoms with E-state index in [1.165, 1.54) is 5.56 Å². The van der Waals surface area contributed by atoms with Crippen molar-refractivity contribution in [1.82, 2.24) is 20.0 Å². The highest BCUT2D eigenvalue weighted by Crippen LogP contribution is 2.01. The van der Waals surface area contributed by atoms with Crippen LogP contribution in [0, 0.1) is 0 Å². The summed E-state index contributed by atoms with van der Waals surface area (Å²) in [6.07, 6.45) is 6.36. The SMILES string of the molecule is COCCNCCCc1cnn(CCN(C)C)c1. The third kappa shape index (κ3) is 6.74. The Labute approximate surface area is 110 Å². The van der Waals surface area contributed by atoms with Crippen LogP contribution in [0.15, 0.2) is 12.4 Å². The van der Waals surface area contributed by atoms with Gasteiger partial charge in [0.2, 0.25) is 0 Å². The smallest absolute Gasteiger partial charge is 0.0587 e. The topological polar surface area (TPSA) is 42.3 Å². The molecule has 0 unspecified atom stereocenters. The van der Waals surface area contributed by atoms with E-state index in [4.69, 9.17) is 4.74 Å². The number of nitrogens with one attached hydrogen (secondary N) is 1. The largest absolute Gasteiger partial charge is 0.383 e. The van der Waals surface area contributed by atoms with Gasteiger partial charge in [0.25, 0.3) is 0 Å². The number of ether oxygens (including phenoxy) is 1. The van der Waals surface area contributed by atoms with Crippen LogP contribution in [-0.4, -0.2) is 62.1 Å². The molecular formula is C13H26N4O. The second-order valence-electron chi connectivity index (χ2n) is 4.76. The molecule has 0 atom stereocenters. The molecule has 0 aliphatic heterocycles. The Morgan fingerprint density at radius 1 is 1.39 bits per heavy atom. The van der Waals surface area contributed by atoms with Gasteiger partial charge in [-0.05, 0) is 39.0 Å². The van der Waals surface area contributed by atoms with E-state index in [0.717, 1.165) is 45.6 Å². The van der Waals surface area contributed by atoms with Gasteiger partial charge in [-0.15, -0.1) is 0 Å². The summed E-state index contributed by atoms with van der Waals surface area (Å²) in [7, 11) is 5.88. The standard InChI is InChI=1S/C13H26N4O/c1-16(2)8-9-17-12-13(11-15-17)5-4-6-14-7-10-18-3/h11-12,14H,4-10H2,1-3H3. The molecule has 0 spiro atoms. The van der Waals surface area contributed by atoms with Crippen LogP contribution in [0.3, 0.4) is 0 Å². The Bertz CT molecular complexity index is 312. The molecular weight excluding hydrogens is 228 g/mol. The Morgan fingerprint density at radius 3 is 2.94 bits per heavy atom. The Balaban J connectivity index is 2.11. The lowest BCUT2D eigenvalue weighted by Gasteiger charge is -2.08. The molecule has 5 nitrogen and oxygen atoms in total. The molecule has 18 heavy (non-hydrogen) atoms. The maximum Gasteiger partial charge on any atom is 0.0587 e. The number of rotatable bonds is 10. The van der Waals surface area contributed by atoms with Gasteiger partial charge in [-0.2, -0.15) is 5.10 Å². The summed E-state index contributed by atoms with van der Waals surface area (Å²) in [6, 6.07) is 0. The average Bonchev–Trinajstić information content (AvgIpc) is 2.79. The first-order valence-electron chi connectivity index (χ1n) is 6.58. The number of aromatic nitrogens is 2. The summed E-state index contributed by atoms with van der Waals surface area (Å²) in [5, 5.41) is 7.71. The van der Waals surface area contributed by atoms with Gasteiger partial charge < -0.3 is 15.0 Å². The molecule has 1 rings (SSSR count). The van der Waals surface area contributed by atoms with Crippen LogP contribution in [0.4, 0.5) is 0 Å². The van der Waals surface area contributed by atoms with Gasteiger partial charge in [0, 0.05) is 26.4 Å². The molecule has 0 aliphatic carbocycles. The molecule has 0 bridgehead atoms. The van der Waals surface area contributed by atoms with Gasteiger partial charge >= 0.3 is 0 Å². The summed E-state index contributed by atoms with van der Waals surface area (Å²) >= 11 is 0. The second-order valence-corrected chi connectivity index (χ2v) is 4.76. The lowest BCUT2D eigenvalue weighted by molar-refractivity contribution is 0.199. The van der Waals surface area contributed by atoms with Crippen LogP contribution in [0.25, 0.3) is 0 Å². The van der Waals surface area contributed by atoms with Crippen LogP contribution in [0.2, 0.25) is 0 Å². The number of nitrogens with zero attached hydrogens (tertiary/aromatic N) is 3. The first-order valence-corrected chi connectivity index (χ1v) is 6.58. The van der Waals surface area contributed by atoms with Gasteiger partial charge in [0.05, 0.1) is 19.3 Å². The van der Waals surface area contributed by atoms with Crippen molar-refractivity contribution in [2.45, 2.75) is 19.4 Å². The highest BCUT2D eigenvalue weighted by atomic mass is 16.5. The van der Waals surface area contributed by atoms with Gasteiger partial charge in [0.1, 0.15) is 0 Å². The van der Waals surface area contributed by atoms with E-state index in [-0.39, 0.29) is 0 Å². The molecule has 0 aromatic carbocycles. The number of hydrogen-bond acceptors (Lipinski definition) is 4. The third-order valence-electron chi connectivity index (χ3n) is 2.77. The summed E-state index contributed by atoms with van der Waals surface area (Å²) < 4.78 is 7.00. The molecule has 5 heteroatoms. The summed E-state index contributed by atoms with van der Waals surface area (Å²) in [4.78, 5) is 2.17. The zero-order chi connectivity index (χ0) is 13.2. The van der Waals surface area contributed by atoms with Crippen molar-refractivity contribution < 1.29 is 4.74 Å². The van der Waals surface area contributed by atoms with Crippen molar-refractivity contribution >= 4 is 0 Å². The number of aryl methyl sites for hydroxylation is 1. The van der Waals surface area contributed by atoms with Crippen molar-refractivity contribution in [3.05, 3.63) is 18.0 Å². The van der Waals surface area contributed by atoms with Crippen LogP contribution in [0.5, 0.6) is 0 Å². The van der Waals surface area contributed by atoms with Crippen molar-refractivity contribution in [1.29, 1.82) is 0 Å². The highest BCUT2D eigenvalue weighted by Gasteiger charge is 1.99. The van der Waals surface area contributed by atoms with Crippen molar-refractivity contribution in [2.75, 3.05) is 47.4 Å². The van der Waals surface area contributed by atoms with Crippen LogP contribution in [-0.2, 0) is 17.7 Å². The van der Waals surface area contributed by atoms with E-state index in [2.05, 4.69) is 35.6 Å². The number of hydrogen-bond donors (Lipinski definition) is 1. The van der Waals surface area contributed by atoms with Gasteiger partial charge in [-0.25, -0.2) is 0 Å². The van der Waals surface area contributed by atoms with Gasteiger partial charge in [-0.1, -0.05) is 0 Å². The fourth-order valence-corrected chi connectivity index (χ4v) is 1.68. The predicted molar refractivity (Wildman–Crippen MR) is 73.8 cm³/mol. The molecule has 0 fully saturated rings. The minimum atomic E-state index is 0.780. The lowest BCUT2D eigenvalue weighted by Crippen LogP contribution is -2.20. The van der Waals surface area contributed by atoms with Crippen molar-refractivity contribution in [3.8, 4) is 0 Å². The van der Waals surface area contributed by atoms with Crippen molar-refractivity contribution in [2.24, 2.45) is 0 Å². The average molecular weight is 254 g/mol. The van der Waals surface area contributed by atoms with Crippen LogP contribution < -0.4 is 5.32 Å². The Kier molecular flexibility index (Phi) is 7.64. The summed E-state index contributed by atoms with van der Waals surface area (Å²) in [5.74, 6) is 0. The fraction of sp³-hybridized carbons (Fsp3) is 0.769. The maximum atomic E-state index is 4.98. The van der Waals surface area contributed by atoms with E-state index in [9.17, 15) is 0 Å². The van der Waals surface area contributed by atoms with Gasteiger partial charge in [0.15, 0.2) is 0 Å². The monoisotopic (exact) mass is 254 g/mol. The molecule has 1 N–H and O–H groups in total. The molecule has 0 aliphatic rings. The molecule has 0 radical (unpaired) electrons. The maximum absolute atomic E-state index is 4.98. The quantitative estimate of drug-likeness (QED) is 0.621. The second kappa shape index (κ2) is 9.08. The molecule has 0 amide bonds. The Hall–Kier alpha value is -0.910. The van der Waals surface area contributed by atoms with E-state index >= 15 is 0 Å². The van der Waals surface area contributed by atoms with E-state index < -0.39 is 0 Å². The minimum absolute atomic E-state index is 0.780. The lowest BCUT2D eigenvalue weighted by atomic mass is 10.2. The van der Waals surface area contributed by atoms with E-state index in [0.29, 0.717) is 0 Å². The zero-order valence-corrected chi connectivity index (χ0v) is 11.9. The minimum Gasteiger partial charge on any atom is -0.383 e. The molecule has 1 aromatic heterocycles. The van der Waals surface area contributed by atoms with Gasteiger partial charge in [-0.3, -0.25) is 4.68 Å².